The van der Waals surface area contributed by atoms with Crippen molar-refractivity contribution in [2.45, 2.75) is 19.4 Å². The van der Waals surface area contributed by atoms with E-state index in [1.165, 1.54) is 5.56 Å². The van der Waals surface area contributed by atoms with Gasteiger partial charge in [0.15, 0.2) is 0 Å². The number of aryl methyl sites for hydroxylation is 1. The maximum Gasteiger partial charge on any atom is 0.117 e. The molecule has 0 aliphatic heterocycles. The van der Waals surface area contributed by atoms with E-state index in [0.29, 0.717) is 0 Å². The van der Waals surface area contributed by atoms with Gasteiger partial charge < -0.3 is 9.73 Å². The van der Waals surface area contributed by atoms with Crippen LogP contribution in [0.25, 0.3) is 0 Å². The monoisotopic (exact) mass is 249 g/mol. The summed E-state index contributed by atoms with van der Waals surface area (Å²) >= 11 is 5.83. The molecule has 0 fully saturated rings. The number of benzene rings is 1. The number of halogens is 1. The van der Waals surface area contributed by atoms with Gasteiger partial charge in [-0.2, -0.15) is 0 Å². The van der Waals surface area contributed by atoms with Gasteiger partial charge in [0.2, 0.25) is 0 Å². The number of hydrogen-bond donors (Lipinski definition) is 1. The lowest BCUT2D eigenvalue weighted by molar-refractivity contribution is 0.481. The van der Waals surface area contributed by atoms with Crippen LogP contribution in [0.15, 0.2) is 47.1 Å². The molecule has 2 nitrogen and oxygen atoms in total. The Hall–Kier alpha value is -1.25. The Morgan fingerprint density at radius 2 is 1.94 bits per heavy atom. The first-order chi connectivity index (χ1) is 8.34. The summed E-state index contributed by atoms with van der Waals surface area (Å²) in [6.45, 7) is 1.79. The first kappa shape index (κ1) is 12.2. The van der Waals surface area contributed by atoms with Gasteiger partial charge in [-0.15, -0.1) is 0 Å². The third-order valence-corrected chi connectivity index (χ3v) is 2.86. The summed E-state index contributed by atoms with van der Waals surface area (Å²) in [5.74, 6) is 0.983. The van der Waals surface area contributed by atoms with Gasteiger partial charge in [-0.25, -0.2) is 0 Å². The first-order valence-corrected chi connectivity index (χ1v) is 6.20. The minimum Gasteiger partial charge on any atom is -0.468 e. The van der Waals surface area contributed by atoms with E-state index < -0.39 is 0 Å². The average Bonchev–Trinajstić information content (AvgIpc) is 2.84. The maximum atomic E-state index is 5.83. The number of furan rings is 1. The van der Waals surface area contributed by atoms with E-state index in [1.807, 2.05) is 24.3 Å². The van der Waals surface area contributed by atoms with Gasteiger partial charge in [0.05, 0.1) is 12.8 Å². The molecule has 0 radical (unpaired) electrons. The normalized spacial score (nSPS) is 10.6. The zero-order chi connectivity index (χ0) is 11.9. The summed E-state index contributed by atoms with van der Waals surface area (Å²) in [5.41, 5.74) is 1.33. The molecule has 1 aromatic heterocycles. The van der Waals surface area contributed by atoms with Crippen molar-refractivity contribution in [1.29, 1.82) is 0 Å². The van der Waals surface area contributed by atoms with Crippen molar-refractivity contribution in [3.8, 4) is 0 Å². The molecule has 0 aliphatic rings. The summed E-state index contributed by atoms with van der Waals surface area (Å²) in [6.07, 6.45) is 3.88. The Morgan fingerprint density at radius 1 is 1.12 bits per heavy atom. The molecule has 17 heavy (non-hydrogen) atoms. The Kier molecular flexibility index (Phi) is 4.65. The largest absolute Gasteiger partial charge is 0.468 e. The molecule has 2 aromatic rings. The van der Waals surface area contributed by atoms with E-state index in [2.05, 4.69) is 17.4 Å². The standard InChI is InChI=1S/C14H16ClNO/c15-13-7-5-12(6-8-13)3-1-9-16-11-14-4-2-10-17-14/h2,4-8,10,16H,1,3,9,11H2. The molecular formula is C14H16ClNO. The van der Waals surface area contributed by atoms with Crippen LogP contribution in [0.1, 0.15) is 17.7 Å². The van der Waals surface area contributed by atoms with Gasteiger partial charge in [0, 0.05) is 5.02 Å². The Morgan fingerprint density at radius 3 is 2.65 bits per heavy atom. The zero-order valence-corrected chi connectivity index (χ0v) is 10.4. The van der Waals surface area contributed by atoms with Gasteiger partial charge >= 0.3 is 0 Å². The van der Waals surface area contributed by atoms with Crippen LogP contribution in [0, 0.1) is 0 Å². The lowest BCUT2D eigenvalue weighted by Gasteiger charge is -2.03. The maximum absolute atomic E-state index is 5.83. The van der Waals surface area contributed by atoms with Crippen LogP contribution in [0.3, 0.4) is 0 Å². The number of rotatable bonds is 6. The second kappa shape index (κ2) is 6.48. The SMILES string of the molecule is Clc1ccc(CCCNCc2ccco2)cc1. The van der Waals surface area contributed by atoms with Gasteiger partial charge in [-0.3, -0.25) is 0 Å². The molecule has 1 N–H and O–H groups in total. The quantitative estimate of drug-likeness (QED) is 0.791. The highest BCUT2D eigenvalue weighted by molar-refractivity contribution is 6.30. The number of nitrogens with one attached hydrogen (secondary N) is 1. The van der Waals surface area contributed by atoms with Crippen LogP contribution in [0.2, 0.25) is 5.02 Å². The van der Waals surface area contributed by atoms with E-state index in [-0.39, 0.29) is 0 Å². The molecule has 0 saturated heterocycles. The highest BCUT2D eigenvalue weighted by Gasteiger charge is 1.96. The second-order valence-electron chi connectivity index (χ2n) is 3.99. The third kappa shape index (κ3) is 4.25. The lowest BCUT2D eigenvalue weighted by atomic mass is 10.1. The summed E-state index contributed by atoms with van der Waals surface area (Å²) in [5, 5.41) is 4.15. The molecule has 0 amide bonds. The molecule has 1 aromatic carbocycles. The molecule has 0 saturated carbocycles. The predicted octanol–water partition coefficient (Wildman–Crippen LogP) is 3.66. The third-order valence-electron chi connectivity index (χ3n) is 2.61. The van der Waals surface area contributed by atoms with Crippen molar-refractivity contribution < 1.29 is 4.42 Å². The summed E-state index contributed by atoms with van der Waals surface area (Å²) in [6, 6.07) is 11.9. The van der Waals surface area contributed by atoms with E-state index in [0.717, 1.165) is 36.7 Å². The smallest absolute Gasteiger partial charge is 0.117 e. The summed E-state index contributed by atoms with van der Waals surface area (Å²) in [4.78, 5) is 0. The van der Waals surface area contributed by atoms with Gasteiger partial charge in [0.25, 0.3) is 0 Å². The second-order valence-corrected chi connectivity index (χ2v) is 4.42. The molecule has 3 heteroatoms. The lowest BCUT2D eigenvalue weighted by Crippen LogP contribution is -2.14. The Bertz CT molecular complexity index is 422. The minimum atomic E-state index is 0.796. The van der Waals surface area contributed by atoms with Crippen LogP contribution >= 0.6 is 11.6 Å². The van der Waals surface area contributed by atoms with Crippen LogP contribution in [0.4, 0.5) is 0 Å². The molecule has 0 atom stereocenters. The zero-order valence-electron chi connectivity index (χ0n) is 9.66. The van der Waals surface area contributed by atoms with E-state index in [9.17, 15) is 0 Å². The highest BCUT2D eigenvalue weighted by atomic mass is 35.5. The molecular weight excluding hydrogens is 234 g/mol. The van der Waals surface area contributed by atoms with E-state index in [4.69, 9.17) is 16.0 Å². The summed E-state index contributed by atoms with van der Waals surface area (Å²) in [7, 11) is 0. The number of hydrogen-bond acceptors (Lipinski definition) is 2. The fourth-order valence-corrected chi connectivity index (χ4v) is 1.82. The molecule has 2 rings (SSSR count). The topological polar surface area (TPSA) is 25.2 Å². The Balaban J connectivity index is 1.61. The van der Waals surface area contributed by atoms with Crippen LogP contribution < -0.4 is 5.32 Å². The fraction of sp³-hybridized carbons (Fsp3) is 0.286. The van der Waals surface area contributed by atoms with Crippen LogP contribution in [-0.4, -0.2) is 6.54 Å². The van der Waals surface area contributed by atoms with Crippen molar-refractivity contribution in [1.82, 2.24) is 5.32 Å². The minimum absolute atomic E-state index is 0.796. The molecule has 0 aliphatic carbocycles. The highest BCUT2D eigenvalue weighted by Crippen LogP contribution is 2.10. The van der Waals surface area contributed by atoms with Crippen LogP contribution in [-0.2, 0) is 13.0 Å². The molecule has 1 heterocycles. The first-order valence-electron chi connectivity index (χ1n) is 5.82. The average molecular weight is 250 g/mol. The molecule has 0 spiro atoms. The van der Waals surface area contributed by atoms with E-state index >= 15 is 0 Å². The van der Waals surface area contributed by atoms with Gasteiger partial charge in [0.1, 0.15) is 5.76 Å². The summed E-state index contributed by atoms with van der Waals surface area (Å²) < 4.78 is 5.23. The van der Waals surface area contributed by atoms with Crippen molar-refractivity contribution >= 4 is 11.6 Å². The molecule has 0 unspecified atom stereocenters. The Labute approximate surface area is 107 Å². The van der Waals surface area contributed by atoms with Crippen LogP contribution in [0.5, 0.6) is 0 Å². The van der Waals surface area contributed by atoms with Gasteiger partial charge in [-0.05, 0) is 49.2 Å². The predicted molar refractivity (Wildman–Crippen MR) is 70.2 cm³/mol. The fourth-order valence-electron chi connectivity index (χ4n) is 1.69. The van der Waals surface area contributed by atoms with Crippen molar-refractivity contribution in [3.05, 3.63) is 59.0 Å². The van der Waals surface area contributed by atoms with Gasteiger partial charge in [-0.1, -0.05) is 23.7 Å². The van der Waals surface area contributed by atoms with Crippen molar-refractivity contribution in [3.63, 3.8) is 0 Å². The van der Waals surface area contributed by atoms with Crippen molar-refractivity contribution in [2.75, 3.05) is 6.54 Å². The molecule has 0 bridgehead atoms. The molecule has 90 valence electrons. The van der Waals surface area contributed by atoms with E-state index in [1.54, 1.807) is 6.26 Å². The van der Waals surface area contributed by atoms with Crippen molar-refractivity contribution in [2.24, 2.45) is 0 Å².